The second-order valence-corrected chi connectivity index (χ2v) is 3.34. The lowest BCUT2D eigenvalue weighted by atomic mass is 10.3. The van der Waals surface area contributed by atoms with Crippen LogP contribution in [-0.2, 0) is 0 Å². The van der Waals surface area contributed by atoms with E-state index in [-0.39, 0.29) is 0 Å². The maximum absolute atomic E-state index is 12.6. The molecule has 0 spiro atoms. The van der Waals surface area contributed by atoms with Crippen molar-refractivity contribution in [1.29, 1.82) is 0 Å². The zero-order valence-electron chi connectivity index (χ0n) is 5.27. The third kappa shape index (κ3) is 1.39. The Hall–Kier alpha value is -0.0400. The summed E-state index contributed by atoms with van der Waals surface area (Å²) in [6.45, 7) is 0. The van der Waals surface area contributed by atoms with E-state index in [1.54, 1.807) is 0 Å². The molecular formula is C6ClF4I. The summed E-state index contributed by atoms with van der Waals surface area (Å²) in [6, 6.07) is 0. The molecule has 12 heavy (non-hydrogen) atoms. The summed E-state index contributed by atoms with van der Waals surface area (Å²) in [4.78, 5) is 0. The van der Waals surface area contributed by atoms with Crippen molar-refractivity contribution in [3.63, 3.8) is 0 Å². The van der Waals surface area contributed by atoms with Crippen molar-refractivity contribution < 1.29 is 17.6 Å². The molecule has 0 saturated carbocycles. The van der Waals surface area contributed by atoms with Crippen LogP contribution in [-0.4, -0.2) is 0 Å². The van der Waals surface area contributed by atoms with Gasteiger partial charge in [-0.2, -0.15) is 0 Å². The molecule has 0 heterocycles. The molecule has 0 aromatic heterocycles. The highest BCUT2D eigenvalue weighted by atomic mass is 127. The minimum absolute atomic E-state index is 0.467. The van der Waals surface area contributed by atoms with Gasteiger partial charge in [-0.3, -0.25) is 0 Å². The van der Waals surface area contributed by atoms with Gasteiger partial charge in [-0.05, 0) is 22.6 Å². The Labute approximate surface area is 83.7 Å². The molecule has 1 aromatic rings. The van der Waals surface area contributed by atoms with Gasteiger partial charge in [0.15, 0.2) is 23.3 Å². The van der Waals surface area contributed by atoms with E-state index < -0.39 is 31.9 Å². The minimum atomic E-state index is -1.89. The van der Waals surface area contributed by atoms with E-state index in [1.165, 1.54) is 22.6 Å². The van der Waals surface area contributed by atoms with Crippen molar-refractivity contribution in [3.05, 3.63) is 31.9 Å². The monoisotopic (exact) mass is 310 g/mol. The molecule has 0 aliphatic rings. The van der Waals surface area contributed by atoms with Crippen molar-refractivity contribution >= 4 is 34.2 Å². The average Bonchev–Trinajstić information content (AvgIpc) is 2.08. The van der Waals surface area contributed by atoms with E-state index in [2.05, 4.69) is 0 Å². The first kappa shape index (κ1) is 10.0. The predicted molar refractivity (Wildman–Crippen MR) is 44.0 cm³/mol. The van der Waals surface area contributed by atoms with Gasteiger partial charge < -0.3 is 0 Å². The molecule has 0 saturated heterocycles. The molecular weight excluding hydrogens is 310 g/mol. The lowest BCUT2D eigenvalue weighted by Gasteiger charge is -2.02. The normalized spacial score (nSPS) is 10.5. The van der Waals surface area contributed by atoms with Crippen LogP contribution in [0.5, 0.6) is 0 Å². The zero-order chi connectivity index (χ0) is 9.46. The lowest BCUT2D eigenvalue weighted by Crippen LogP contribution is -1.99. The van der Waals surface area contributed by atoms with Crippen LogP contribution in [0.25, 0.3) is 0 Å². The SMILES string of the molecule is Fc1c(F)c(F)c(I)c(Cl)c1F. The summed E-state index contributed by atoms with van der Waals surface area (Å²) >= 11 is 6.41. The van der Waals surface area contributed by atoms with Gasteiger partial charge in [-0.15, -0.1) is 0 Å². The van der Waals surface area contributed by atoms with E-state index in [1.807, 2.05) is 0 Å². The summed E-state index contributed by atoms with van der Waals surface area (Å²) in [5.74, 6) is -6.78. The summed E-state index contributed by atoms with van der Waals surface area (Å²) in [6.07, 6.45) is 0. The van der Waals surface area contributed by atoms with Crippen molar-refractivity contribution in [2.45, 2.75) is 0 Å². The molecule has 0 fully saturated rings. The van der Waals surface area contributed by atoms with Crippen LogP contribution < -0.4 is 0 Å². The third-order valence-corrected chi connectivity index (χ3v) is 2.84. The first-order valence-electron chi connectivity index (χ1n) is 2.63. The van der Waals surface area contributed by atoms with Gasteiger partial charge in [-0.25, -0.2) is 17.6 Å². The molecule has 0 radical (unpaired) electrons. The van der Waals surface area contributed by atoms with Crippen LogP contribution in [0, 0.1) is 26.8 Å². The van der Waals surface area contributed by atoms with Gasteiger partial charge in [0.25, 0.3) is 0 Å². The predicted octanol–water partition coefficient (Wildman–Crippen LogP) is 3.50. The topological polar surface area (TPSA) is 0 Å². The Bertz CT molecular complexity index is 234. The van der Waals surface area contributed by atoms with E-state index in [4.69, 9.17) is 11.6 Å². The Balaban J connectivity index is 3.60. The van der Waals surface area contributed by atoms with Crippen molar-refractivity contribution in [1.82, 2.24) is 0 Å². The molecule has 0 N–H and O–H groups in total. The smallest absolute Gasteiger partial charge is 0.199 e. The molecule has 0 bridgehead atoms. The molecule has 0 unspecified atom stereocenters. The number of halogens is 6. The summed E-state index contributed by atoms with van der Waals surface area (Å²) in [5.41, 5.74) is 0. The number of benzene rings is 1. The van der Waals surface area contributed by atoms with E-state index in [0.717, 1.165) is 0 Å². The molecule has 6 heteroatoms. The molecule has 1 aromatic carbocycles. The highest BCUT2D eigenvalue weighted by Crippen LogP contribution is 2.28. The molecule has 66 valence electrons. The minimum Gasteiger partial charge on any atom is -0.202 e. The molecule has 0 atom stereocenters. The maximum atomic E-state index is 12.6. The highest BCUT2D eigenvalue weighted by Gasteiger charge is 2.22. The standard InChI is InChI=1S/C6ClF4I/c7-1-2(8)3(9)4(10)5(11)6(1)12. The second kappa shape index (κ2) is 3.37. The quantitative estimate of drug-likeness (QED) is 0.298. The summed E-state index contributed by atoms with van der Waals surface area (Å²) < 4.78 is 49.3. The largest absolute Gasteiger partial charge is 0.202 e. The Morgan fingerprint density at radius 3 is 1.75 bits per heavy atom. The zero-order valence-corrected chi connectivity index (χ0v) is 8.18. The first-order valence-corrected chi connectivity index (χ1v) is 4.09. The van der Waals surface area contributed by atoms with Crippen LogP contribution in [0.15, 0.2) is 0 Å². The molecule has 1 rings (SSSR count). The number of hydrogen-bond donors (Lipinski definition) is 0. The molecule has 0 nitrogen and oxygen atoms in total. The van der Waals surface area contributed by atoms with Gasteiger partial charge >= 0.3 is 0 Å². The van der Waals surface area contributed by atoms with E-state index >= 15 is 0 Å². The summed E-state index contributed by atoms with van der Waals surface area (Å²) in [7, 11) is 0. The Morgan fingerprint density at radius 2 is 1.25 bits per heavy atom. The highest BCUT2D eigenvalue weighted by molar-refractivity contribution is 14.1. The van der Waals surface area contributed by atoms with Crippen molar-refractivity contribution in [3.8, 4) is 0 Å². The van der Waals surface area contributed by atoms with Crippen LogP contribution in [0.1, 0.15) is 0 Å². The van der Waals surface area contributed by atoms with Crippen molar-refractivity contribution in [2.75, 3.05) is 0 Å². The van der Waals surface area contributed by atoms with Gasteiger partial charge in [0.05, 0.1) is 8.59 Å². The van der Waals surface area contributed by atoms with Crippen molar-refractivity contribution in [2.24, 2.45) is 0 Å². The van der Waals surface area contributed by atoms with Gasteiger partial charge in [0, 0.05) is 0 Å². The van der Waals surface area contributed by atoms with Gasteiger partial charge in [-0.1, -0.05) is 11.6 Å². The van der Waals surface area contributed by atoms with Gasteiger partial charge in [0.1, 0.15) is 0 Å². The van der Waals surface area contributed by atoms with E-state index in [9.17, 15) is 17.6 Å². The first-order chi connectivity index (χ1) is 5.46. The van der Waals surface area contributed by atoms with Crippen LogP contribution in [0.2, 0.25) is 5.02 Å². The molecule has 0 amide bonds. The van der Waals surface area contributed by atoms with Gasteiger partial charge in [0.2, 0.25) is 0 Å². The Kier molecular flexibility index (Phi) is 2.82. The van der Waals surface area contributed by atoms with E-state index in [0.29, 0.717) is 0 Å². The second-order valence-electron chi connectivity index (χ2n) is 1.88. The van der Waals surface area contributed by atoms with Crippen LogP contribution in [0.4, 0.5) is 17.6 Å². The fourth-order valence-corrected chi connectivity index (χ4v) is 1.22. The van der Waals surface area contributed by atoms with Crippen LogP contribution in [0.3, 0.4) is 0 Å². The summed E-state index contributed by atoms with van der Waals surface area (Å²) in [5, 5.41) is -0.744. The fourth-order valence-electron chi connectivity index (χ4n) is 0.578. The molecule has 0 aliphatic heterocycles. The number of hydrogen-bond acceptors (Lipinski definition) is 0. The Morgan fingerprint density at radius 1 is 0.833 bits per heavy atom. The molecule has 0 aliphatic carbocycles. The number of rotatable bonds is 0. The fraction of sp³-hybridized carbons (Fsp3) is 0. The average molecular weight is 310 g/mol. The lowest BCUT2D eigenvalue weighted by molar-refractivity contribution is 0.406. The third-order valence-electron chi connectivity index (χ3n) is 1.16. The van der Waals surface area contributed by atoms with Crippen LogP contribution >= 0.6 is 34.2 Å². The maximum Gasteiger partial charge on any atom is 0.199 e.